The van der Waals surface area contributed by atoms with Gasteiger partial charge in [-0.15, -0.1) is 11.3 Å². The van der Waals surface area contributed by atoms with Crippen LogP contribution in [0, 0.1) is 0 Å². The van der Waals surface area contributed by atoms with E-state index in [2.05, 4.69) is 43.9 Å². The fraction of sp³-hybridized carbons (Fsp3) is 0.333. The number of thiophene rings is 1. The lowest BCUT2D eigenvalue weighted by Gasteiger charge is -1.91. The monoisotopic (exact) mass is 253 g/mol. The lowest BCUT2D eigenvalue weighted by atomic mass is 10.3. The predicted octanol–water partition coefficient (Wildman–Crippen LogP) is 2.23. The Kier molecular flexibility index (Phi) is 3.54. The van der Waals surface area contributed by atoms with Crippen molar-refractivity contribution in [3.8, 4) is 0 Å². The van der Waals surface area contributed by atoms with E-state index in [0.717, 1.165) is 13.0 Å². The fourth-order valence-electron chi connectivity index (χ4n) is 0.625. The average molecular weight is 253 g/mol. The second-order valence-corrected chi connectivity index (χ2v) is 3.51. The van der Waals surface area contributed by atoms with Crippen LogP contribution in [0.2, 0.25) is 0 Å². The molecule has 1 aromatic rings. The highest BCUT2D eigenvalue weighted by atomic mass is 127. The first-order valence-corrected chi connectivity index (χ1v) is 4.75. The maximum atomic E-state index is 3.08. The van der Waals surface area contributed by atoms with Crippen molar-refractivity contribution in [3.63, 3.8) is 0 Å². The fourth-order valence-corrected chi connectivity index (χ4v) is 1.60. The van der Waals surface area contributed by atoms with Crippen LogP contribution >= 0.6 is 34.2 Å². The maximum Gasteiger partial charge on any atom is 0.0169 e. The number of nitrogens with one attached hydrogen (secondary N) is 1. The molecule has 0 spiro atoms. The number of halogens is 1. The molecular formula is C6H8INS. The second-order valence-electron chi connectivity index (χ2n) is 1.71. The summed E-state index contributed by atoms with van der Waals surface area (Å²) in [5, 5.41) is 2.11. The van der Waals surface area contributed by atoms with Gasteiger partial charge in [0.15, 0.2) is 0 Å². The van der Waals surface area contributed by atoms with E-state index in [1.807, 2.05) is 11.3 Å². The first-order valence-electron chi connectivity index (χ1n) is 2.79. The van der Waals surface area contributed by atoms with Gasteiger partial charge < -0.3 is 0 Å². The van der Waals surface area contributed by atoms with E-state index in [-0.39, 0.29) is 0 Å². The Balaban J connectivity index is 2.30. The lowest BCUT2D eigenvalue weighted by molar-refractivity contribution is 0.949. The molecule has 0 radical (unpaired) electrons. The van der Waals surface area contributed by atoms with Crippen molar-refractivity contribution in [3.05, 3.63) is 22.4 Å². The van der Waals surface area contributed by atoms with E-state index in [0.29, 0.717) is 0 Å². The summed E-state index contributed by atoms with van der Waals surface area (Å²) < 4.78 is 3.08. The summed E-state index contributed by atoms with van der Waals surface area (Å²) in [7, 11) is 0. The van der Waals surface area contributed by atoms with Crippen molar-refractivity contribution in [2.24, 2.45) is 0 Å². The maximum absolute atomic E-state index is 3.08. The second kappa shape index (κ2) is 4.24. The van der Waals surface area contributed by atoms with Crippen molar-refractivity contribution >= 4 is 34.2 Å². The minimum absolute atomic E-state index is 1.07. The number of rotatable bonds is 3. The van der Waals surface area contributed by atoms with Gasteiger partial charge in [0.25, 0.3) is 0 Å². The molecule has 1 N–H and O–H groups in total. The lowest BCUT2D eigenvalue weighted by Crippen LogP contribution is -2.01. The molecule has 0 saturated heterocycles. The topological polar surface area (TPSA) is 12.0 Å². The van der Waals surface area contributed by atoms with Gasteiger partial charge in [0, 0.05) is 34.3 Å². The van der Waals surface area contributed by atoms with Gasteiger partial charge >= 0.3 is 0 Å². The Morgan fingerprint density at radius 3 is 3.11 bits per heavy atom. The van der Waals surface area contributed by atoms with Crippen LogP contribution in [0.15, 0.2) is 17.5 Å². The third kappa shape index (κ3) is 2.64. The van der Waals surface area contributed by atoms with Crippen LogP contribution < -0.4 is 3.53 Å². The summed E-state index contributed by atoms with van der Waals surface area (Å²) in [6.07, 6.45) is 1.15. The smallest absolute Gasteiger partial charge is 0.0169 e. The molecule has 0 bridgehead atoms. The summed E-state index contributed by atoms with van der Waals surface area (Å²) in [6.45, 7) is 1.07. The minimum Gasteiger partial charge on any atom is -0.261 e. The largest absolute Gasteiger partial charge is 0.261 e. The number of hydrogen-bond donors (Lipinski definition) is 1. The SMILES string of the molecule is INCCc1cccs1. The molecule has 3 heteroatoms. The van der Waals surface area contributed by atoms with Crippen LogP contribution in [0.4, 0.5) is 0 Å². The molecule has 0 saturated carbocycles. The number of hydrogen-bond acceptors (Lipinski definition) is 2. The van der Waals surface area contributed by atoms with Gasteiger partial charge in [-0.1, -0.05) is 6.07 Å². The van der Waals surface area contributed by atoms with Crippen LogP contribution in [0.5, 0.6) is 0 Å². The Bertz CT molecular complexity index is 150. The quantitative estimate of drug-likeness (QED) is 0.643. The molecule has 0 amide bonds. The molecule has 0 aliphatic rings. The zero-order valence-electron chi connectivity index (χ0n) is 4.93. The van der Waals surface area contributed by atoms with Gasteiger partial charge in [-0.2, -0.15) is 0 Å². The predicted molar refractivity (Wildman–Crippen MR) is 50.0 cm³/mol. The van der Waals surface area contributed by atoms with Crippen molar-refractivity contribution < 1.29 is 0 Å². The Morgan fingerprint density at radius 2 is 2.56 bits per heavy atom. The molecule has 0 aromatic carbocycles. The van der Waals surface area contributed by atoms with Gasteiger partial charge in [-0.3, -0.25) is 3.53 Å². The Hall–Kier alpha value is 0.390. The first-order chi connectivity index (χ1) is 4.43. The average Bonchev–Trinajstić information content (AvgIpc) is 2.34. The summed E-state index contributed by atoms with van der Waals surface area (Å²) in [4.78, 5) is 1.46. The van der Waals surface area contributed by atoms with Crippen molar-refractivity contribution in [2.75, 3.05) is 6.54 Å². The molecule has 9 heavy (non-hydrogen) atoms. The normalized spacial score (nSPS) is 9.89. The highest BCUT2D eigenvalue weighted by Crippen LogP contribution is 2.07. The summed E-state index contributed by atoms with van der Waals surface area (Å²) in [5.41, 5.74) is 0. The van der Waals surface area contributed by atoms with Crippen molar-refractivity contribution in [1.82, 2.24) is 3.53 Å². The molecule has 0 fully saturated rings. The Labute approximate surface area is 73.0 Å². The molecule has 1 aromatic heterocycles. The standard InChI is InChI=1S/C6H8INS/c7-8-4-3-6-2-1-5-9-6/h1-2,5,8H,3-4H2. The van der Waals surface area contributed by atoms with Crippen LogP contribution in [-0.4, -0.2) is 6.54 Å². The zero-order chi connectivity index (χ0) is 6.53. The highest BCUT2D eigenvalue weighted by molar-refractivity contribution is 14.1. The van der Waals surface area contributed by atoms with E-state index in [4.69, 9.17) is 0 Å². The third-order valence-electron chi connectivity index (χ3n) is 1.05. The Morgan fingerprint density at radius 1 is 1.67 bits per heavy atom. The molecule has 0 aliphatic heterocycles. The van der Waals surface area contributed by atoms with Gasteiger partial charge in [0.1, 0.15) is 0 Å². The van der Waals surface area contributed by atoms with Crippen LogP contribution in [-0.2, 0) is 6.42 Å². The van der Waals surface area contributed by atoms with Crippen molar-refractivity contribution in [1.29, 1.82) is 0 Å². The van der Waals surface area contributed by atoms with E-state index in [9.17, 15) is 0 Å². The summed E-state index contributed by atoms with van der Waals surface area (Å²) in [5.74, 6) is 0. The van der Waals surface area contributed by atoms with Crippen LogP contribution in [0.3, 0.4) is 0 Å². The van der Waals surface area contributed by atoms with Gasteiger partial charge in [-0.25, -0.2) is 0 Å². The highest BCUT2D eigenvalue weighted by Gasteiger charge is 1.89. The van der Waals surface area contributed by atoms with Crippen LogP contribution in [0.25, 0.3) is 0 Å². The first kappa shape index (κ1) is 7.50. The molecule has 50 valence electrons. The summed E-state index contributed by atoms with van der Waals surface area (Å²) in [6, 6.07) is 4.26. The van der Waals surface area contributed by atoms with Gasteiger partial charge in [0.2, 0.25) is 0 Å². The molecule has 0 aliphatic carbocycles. The van der Waals surface area contributed by atoms with Gasteiger partial charge in [-0.05, 0) is 17.9 Å². The van der Waals surface area contributed by atoms with E-state index >= 15 is 0 Å². The minimum atomic E-state index is 1.07. The molecule has 1 heterocycles. The van der Waals surface area contributed by atoms with Crippen molar-refractivity contribution in [2.45, 2.75) is 6.42 Å². The van der Waals surface area contributed by atoms with E-state index < -0.39 is 0 Å². The third-order valence-corrected chi connectivity index (χ3v) is 2.52. The summed E-state index contributed by atoms with van der Waals surface area (Å²) >= 11 is 3.99. The van der Waals surface area contributed by atoms with E-state index in [1.165, 1.54) is 4.88 Å². The molecule has 1 nitrogen and oxygen atoms in total. The van der Waals surface area contributed by atoms with Crippen LogP contribution in [0.1, 0.15) is 4.88 Å². The van der Waals surface area contributed by atoms with Gasteiger partial charge in [0.05, 0.1) is 0 Å². The molecule has 0 atom stereocenters. The molecular weight excluding hydrogens is 245 g/mol. The molecule has 0 unspecified atom stereocenters. The zero-order valence-corrected chi connectivity index (χ0v) is 7.91. The van der Waals surface area contributed by atoms with E-state index in [1.54, 1.807) is 0 Å². The molecule has 1 rings (SSSR count).